The van der Waals surface area contributed by atoms with Crippen molar-refractivity contribution in [3.05, 3.63) is 68.7 Å². The first-order valence-corrected chi connectivity index (χ1v) is 11.2. The van der Waals surface area contributed by atoms with Gasteiger partial charge in [-0.1, -0.05) is 6.08 Å². The smallest absolute Gasteiger partial charge is 0.269 e. The number of halogens is 1. The lowest BCUT2D eigenvalue weighted by Gasteiger charge is -2.32. The number of rotatable bonds is 5. The molecule has 1 aliphatic carbocycles. The number of hydrogen-bond donors (Lipinski definition) is 2. The molecule has 3 aliphatic rings. The molecular weight excluding hydrogens is 411 g/mol. The van der Waals surface area contributed by atoms with E-state index in [0.717, 1.165) is 48.3 Å². The third kappa shape index (κ3) is 4.25. The summed E-state index contributed by atoms with van der Waals surface area (Å²) in [6.45, 7) is 2.76. The number of nitrogens with zero attached hydrogens (tertiary/aromatic N) is 2. The van der Waals surface area contributed by atoms with Gasteiger partial charge in [0.1, 0.15) is 5.69 Å². The van der Waals surface area contributed by atoms with E-state index in [4.69, 9.17) is 4.74 Å². The van der Waals surface area contributed by atoms with E-state index in [1.165, 1.54) is 7.05 Å². The Morgan fingerprint density at radius 1 is 1.38 bits per heavy atom. The van der Waals surface area contributed by atoms with Crippen molar-refractivity contribution in [1.82, 2.24) is 20.2 Å². The lowest BCUT2D eigenvalue weighted by Crippen LogP contribution is -2.40. The summed E-state index contributed by atoms with van der Waals surface area (Å²) in [5.41, 5.74) is 4.48. The van der Waals surface area contributed by atoms with Gasteiger partial charge < -0.3 is 15.0 Å². The van der Waals surface area contributed by atoms with Crippen molar-refractivity contribution in [3.8, 4) is 0 Å². The molecule has 2 aliphatic heterocycles. The normalized spacial score (nSPS) is 21.1. The minimum Gasteiger partial charge on any atom is -0.372 e. The predicted molar refractivity (Wildman–Crippen MR) is 118 cm³/mol. The molecule has 1 unspecified atom stereocenters. The van der Waals surface area contributed by atoms with Crippen molar-refractivity contribution >= 4 is 11.5 Å². The highest BCUT2D eigenvalue weighted by atomic mass is 19.1. The Hall–Kier alpha value is -2.84. The van der Waals surface area contributed by atoms with Gasteiger partial charge in [-0.2, -0.15) is 4.39 Å². The largest absolute Gasteiger partial charge is 0.372 e. The van der Waals surface area contributed by atoms with Gasteiger partial charge in [-0.15, -0.1) is 0 Å². The van der Waals surface area contributed by atoms with E-state index in [1.54, 1.807) is 12.1 Å². The third-order valence-electron chi connectivity index (χ3n) is 6.58. The molecule has 0 saturated heterocycles. The molecule has 4 heterocycles. The van der Waals surface area contributed by atoms with Crippen molar-refractivity contribution in [3.63, 3.8) is 0 Å². The Morgan fingerprint density at radius 2 is 2.22 bits per heavy atom. The van der Waals surface area contributed by atoms with Crippen LogP contribution in [0.4, 0.5) is 4.39 Å². The highest BCUT2D eigenvalue weighted by molar-refractivity contribution is 5.92. The van der Waals surface area contributed by atoms with Crippen LogP contribution in [0, 0.1) is 5.95 Å². The molecule has 1 amide bonds. The lowest BCUT2D eigenvalue weighted by molar-refractivity contribution is 0.00548. The summed E-state index contributed by atoms with van der Waals surface area (Å²) in [6, 6.07) is 5.21. The first-order valence-electron chi connectivity index (χ1n) is 11.2. The quantitative estimate of drug-likeness (QED) is 0.700. The Morgan fingerprint density at radius 3 is 2.91 bits per heavy atom. The number of ether oxygens (including phenoxy) is 1. The molecule has 2 N–H and O–H groups in total. The van der Waals surface area contributed by atoms with Gasteiger partial charge in [0, 0.05) is 49.9 Å². The number of H-pyrrole nitrogens is 1. The summed E-state index contributed by atoms with van der Waals surface area (Å²) in [5.74, 6) is -0.595. The minimum absolute atomic E-state index is 0.0186. The van der Waals surface area contributed by atoms with Gasteiger partial charge in [0.15, 0.2) is 0 Å². The number of carbonyl (C=O) groups is 1. The summed E-state index contributed by atoms with van der Waals surface area (Å²) < 4.78 is 20.5. The van der Waals surface area contributed by atoms with E-state index < -0.39 is 11.9 Å². The molecule has 1 fully saturated rings. The molecule has 1 saturated carbocycles. The number of aromatic amines is 1. The fourth-order valence-corrected chi connectivity index (χ4v) is 4.59. The fraction of sp³-hybridized carbons (Fsp3) is 0.458. The Bertz CT molecular complexity index is 1140. The van der Waals surface area contributed by atoms with Gasteiger partial charge in [0.25, 0.3) is 11.5 Å². The molecule has 0 radical (unpaired) electrons. The average molecular weight is 439 g/mol. The van der Waals surface area contributed by atoms with Gasteiger partial charge in [-0.3, -0.25) is 14.5 Å². The molecule has 0 spiro atoms. The minimum atomic E-state index is -0.618. The first-order chi connectivity index (χ1) is 15.5. The average Bonchev–Trinajstić information content (AvgIpc) is 3.64. The van der Waals surface area contributed by atoms with Crippen molar-refractivity contribution in [2.45, 2.75) is 44.3 Å². The zero-order chi connectivity index (χ0) is 22.2. The monoisotopic (exact) mass is 438 g/mol. The van der Waals surface area contributed by atoms with Crippen molar-refractivity contribution in [2.75, 3.05) is 26.7 Å². The second-order valence-electron chi connectivity index (χ2n) is 8.82. The molecule has 2 aromatic heterocycles. The maximum atomic E-state index is 14.5. The topological polar surface area (TPSA) is 87.3 Å². The SMILES string of the molecule is CNC(=O)c1ccc(C2=CCN(CC3Cc4[nH]c(=O)c(C5CC5)cc4CO3)CC2)c(F)n1. The Balaban J connectivity index is 1.21. The van der Waals surface area contributed by atoms with E-state index in [0.29, 0.717) is 37.5 Å². The molecule has 8 heteroatoms. The second-order valence-corrected chi connectivity index (χ2v) is 8.82. The van der Waals surface area contributed by atoms with Crippen LogP contribution in [0.25, 0.3) is 5.57 Å². The van der Waals surface area contributed by atoms with Gasteiger partial charge in [-0.25, -0.2) is 4.98 Å². The molecular formula is C24H27FN4O3. The molecule has 0 aromatic carbocycles. The zero-order valence-corrected chi connectivity index (χ0v) is 18.1. The number of hydrogen-bond acceptors (Lipinski definition) is 5. The number of nitrogens with one attached hydrogen (secondary N) is 2. The van der Waals surface area contributed by atoms with Crippen molar-refractivity contribution in [1.29, 1.82) is 0 Å². The fourth-order valence-electron chi connectivity index (χ4n) is 4.59. The number of aromatic nitrogens is 2. The predicted octanol–water partition coefficient (Wildman–Crippen LogP) is 2.38. The van der Waals surface area contributed by atoms with E-state index in [9.17, 15) is 14.0 Å². The summed E-state index contributed by atoms with van der Waals surface area (Å²) in [7, 11) is 1.49. The molecule has 5 rings (SSSR count). The van der Waals surface area contributed by atoms with Crippen molar-refractivity contribution < 1.29 is 13.9 Å². The molecule has 168 valence electrons. The number of pyridine rings is 2. The Kier molecular flexibility index (Phi) is 5.65. The zero-order valence-electron chi connectivity index (χ0n) is 18.1. The van der Waals surface area contributed by atoms with Crippen LogP contribution in [0.2, 0.25) is 0 Å². The summed E-state index contributed by atoms with van der Waals surface area (Å²) in [4.78, 5) is 33.2. The van der Waals surface area contributed by atoms with E-state index in [-0.39, 0.29) is 17.4 Å². The summed E-state index contributed by atoms with van der Waals surface area (Å²) >= 11 is 0. The highest BCUT2D eigenvalue weighted by Crippen LogP contribution is 2.39. The maximum absolute atomic E-state index is 14.5. The van der Waals surface area contributed by atoms with Crippen LogP contribution >= 0.6 is 0 Å². The molecule has 0 bridgehead atoms. The maximum Gasteiger partial charge on any atom is 0.269 e. The van der Waals surface area contributed by atoms with Crippen LogP contribution in [-0.4, -0.2) is 53.6 Å². The standard InChI is InChI=1S/C24H27FN4O3/c1-26-24(31)20-5-4-18(22(25)27-20)15-6-8-29(9-7-15)12-17-11-21-16(13-32-17)10-19(14-2-3-14)23(30)28-21/h4-6,10,14,17H,2-3,7-9,11-13H2,1H3,(H,26,31)(H,28,30). The first kappa shape index (κ1) is 21.0. The molecule has 2 aromatic rings. The Labute approximate surface area is 185 Å². The van der Waals surface area contributed by atoms with Crippen LogP contribution < -0.4 is 10.9 Å². The third-order valence-corrected chi connectivity index (χ3v) is 6.58. The van der Waals surface area contributed by atoms with Gasteiger partial charge in [0.2, 0.25) is 5.95 Å². The lowest BCUT2D eigenvalue weighted by atomic mass is 9.98. The van der Waals surface area contributed by atoms with Crippen molar-refractivity contribution in [2.24, 2.45) is 0 Å². The van der Waals surface area contributed by atoms with Crippen LogP contribution in [0.3, 0.4) is 0 Å². The summed E-state index contributed by atoms with van der Waals surface area (Å²) in [6.07, 6.45) is 5.64. The highest BCUT2D eigenvalue weighted by Gasteiger charge is 2.29. The number of amides is 1. The van der Waals surface area contributed by atoms with Gasteiger partial charge >= 0.3 is 0 Å². The molecule has 7 nitrogen and oxygen atoms in total. The van der Waals surface area contributed by atoms with E-state index in [2.05, 4.69) is 20.2 Å². The van der Waals surface area contributed by atoms with Gasteiger partial charge in [-0.05, 0) is 54.5 Å². The number of carbonyl (C=O) groups excluding carboxylic acids is 1. The number of fused-ring (bicyclic) bond motifs is 1. The van der Waals surface area contributed by atoms with E-state index >= 15 is 0 Å². The van der Waals surface area contributed by atoms with Gasteiger partial charge in [0.05, 0.1) is 12.7 Å². The molecule has 1 atom stereocenters. The van der Waals surface area contributed by atoms with Crippen LogP contribution in [0.15, 0.2) is 29.1 Å². The van der Waals surface area contributed by atoms with Crippen LogP contribution in [0.5, 0.6) is 0 Å². The summed E-state index contributed by atoms with van der Waals surface area (Å²) in [5, 5.41) is 2.45. The molecule has 32 heavy (non-hydrogen) atoms. The van der Waals surface area contributed by atoms with Crippen LogP contribution in [0.1, 0.15) is 58.1 Å². The van der Waals surface area contributed by atoms with Crippen LogP contribution in [-0.2, 0) is 17.8 Å². The second kappa shape index (κ2) is 8.60. The van der Waals surface area contributed by atoms with E-state index in [1.807, 2.05) is 12.1 Å².